The number of aryl methyl sites for hydroxylation is 1. The van der Waals surface area contributed by atoms with E-state index in [4.69, 9.17) is 10.3 Å². The molecule has 2 atom stereocenters. The molecule has 31 heavy (non-hydrogen) atoms. The van der Waals surface area contributed by atoms with Crippen LogP contribution in [0.25, 0.3) is 11.1 Å². The standard InChI is InChI=1S/C21H24N2O7S/c1-21(20(27)22-28,31(2,29)30)10-12-23-11-9-17(13-19(23)26)16-6-3-15(4-7-16)5-8-18(25)14-24/h3-4,6-7,9,11,13,18,24-25,28H,10,12,14H2,1-2H3,(H,22,27). The number of pyridine rings is 1. The zero-order valence-electron chi connectivity index (χ0n) is 17.1. The Kier molecular flexibility index (Phi) is 7.75. The zero-order valence-corrected chi connectivity index (χ0v) is 17.9. The Morgan fingerprint density at radius 1 is 1.23 bits per heavy atom. The van der Waals surface area contributed by atoms with Crippen LogP contribution < -0.4 is 11.0 Å². The molecule has 1 aromatic heterocycles. The van der Waals surface area contributed by atoms with Gasteiger partial charge in [-0.2, -0.15) is 0 Å². The molecule has 166 valence electrons. The van der Waals surface area contributed by atoms with Gasteiger partial charge in [-0.25, -0.2) is 13.9 Å². The van der Waals surface area contributed by atoms with E-state index in [1.165, 1.54) is 29.2 Å². The minimum absolute atomic E-state index is 0.0438. The molecular weight excluding hydrogens is 424 g/mol. The molecule has 0 bridgehead atoms. The normalized spacial score (nSPS) is 14.1. The van der Waals surface area contributed by atoms with Gasteiger partial charge < -0.3 is 14.8 Å². The fourth-order valence-corrected chi connectivity index (χ4v) is 3.59. The van der Waals surface area contributed by atoms with Crippen molar-refractivity contribution < 1.29 is 28.6 Å². The molecule has 0 saturated heterocycles. The summed E-state index contributed by atoms with van der Waals surface area (Å²) in [6, 6.07) is 10.00. The van der Waals surface area contributed by atoms with E-state index >= 15 is 0 Å². The molecule has 1 aromatic carbocycles. The number of hydrogen-bond donors (Lipinski definition) is 4. The van der Waals surface area contributed by atoms with Crippen LogP contribution in [-0.2, 0) is 21.2 Å². The molecule has 1 heterocycles. The molecule has 0 aliphatic carbocycles. The number of aliphatic hydroxyl groups is 2. The molecule has 0 fully saturated rings. The van der Waals surface area contributed by atoms with E-state index in [1.807, 2.05) is 0 Å². The maximum Gasteiger partial charge on any atom is 0.264 e. The number of aromatic nitrogens is 1. The third-order valence-corrected chi connectivity index (χ3v) is 7.03. The highest BCUT2D eigenvalue weighted by Gasteiger charge is 2.43. The predicted octanol–water partition coefficient (Wildman–Crippen LogP) is -0.0812. The van der Waals surface area contributed by atoms with Gasteiger partial charge in [0.05, 0.1) is 6.61 Å². The second-order valence-corrected chi connectivity index (χ2v) is 9.63. The van der Waals surface area contributed by atoms with Crippen molar-refractivity contribution in [1.82, 2.24) is 10.0 Å². The van der Waals surface area contributed by atoms with E-state index in [0.717, 1.165) is 11.8 Å². The minimum Gasteiger partial charge on any atom is -0.393 e. The van der Waals surface area contributed by atoms with Crippen molar-refractivity contribution in [2.45, 2.75) is 30.7 Å². The molecule has 2 unspecified atom stereocenters. The van der Waals surface area contributed by atoms with Crippen LogP contribution in [0, 0.1) is 11.8 Å². The van der Waals surface area contributed by atoms with Crippen molar-refractivity contribution in [3.63, 3.8) is 0 Å². The number of aliphatic hydroxyl groups excluding tert-OH is 2. The Balaban J connectivity index is 2.21. The first-order valence-electron chi connectivity index (χ1n) is 9.27. The van der Waals surface area contributed by atoms with Crippen LogP contribution in [0.3, 0.4) is 0 Å². The van der Waals surface area contributed by atoms with Crippen LogP contribution in [0.1, 0.15) is 18.9 Å². The molecule has 0 saturated carbocycles. The van der Waals surface area contributed by atoms with E-state index in [1.54, 1.807) is 30.3 Å². The van der Waals surface area contributed by atoms with Crippen LogP contribution in [-0.4, -0.2) is 58.0 Å². The van der Waals surface area contributed by atoms with Crippen LogP contribution in [0.15, 0.2) is 47.4 Å². The number of sulfone groups is 1. The number of hydrogen-bond acceptors (Lipinski definition) is 7. The summed E-state index contributed by atoms with van der Waals surface area (Å²) in [4.78, 5) is 24.4. The van der Waals surface area contributed by atoms with Crippen LogP contribution in [0.5, 0.6) is 0 Å². The number of hydroxylamine groups is 1. The fourth-order valence-electron chi connectivity index (χ4n) is 2.75. The molecule has 1 amide bonds. The number of amides is 1. The summed E-state index contributed by atoms with van der Waals surface area (Å²) >= 11 is 0. The lowest BCUT2D eigenvalue weighted by molar-refractivity contribution is -0.131. The van der Waals surface area contributed by atoms with Gasteiger partial charge in [-0.05, 0) is 42.7 Å². The van der Waals surface area contributed by atoms with Crippen LogP contribution in [0.4, 0.5) is 0 Å². The largest absolute Gasteiger partial charge is 0.393 e. The Hall–Kier alpha value is -2.97. The highest BCUT2D eigenvalue weighted by atomic mass is 32.2. The van der Waals surface area contributed by atoms with Crippen molar-refractivity contribution in [1.29, 1.82) is 0 Å². The predicted molar refractivity (Wildman–Crippen MR) is 114 cm³/mol. The minimum atomic E-state index is -3.85. The van der Waals surface area contributed by atoms with E-state index in [0.29, 0.717) is 11.1 Å². The lowest BCUT2D eigenvalue weighted by atomic mass is 10.0. The molecule has 2 aromatic rings. The lowest BCUT2D eigenvalue weighted by Gasteiger charge is -2.25. The van der Waals surface area contributed by atoms with E-state index in [-0.39, 0.29) is 18.5 Å². The number of nitrogens with one attached hydrogen (secondary N) is 1. The zero-order chi connectivity index (χ0) is 23.2. The van der Waals surface area contributed by atoms with Gasteiger partial charge in [-0.15, -0.1) is 0 Å². The fraction of sp³-hybridized carbons (Fsp3) is 0.333. The van der Waals surface area contributed by atoms with Crippen molar-refractivity contribution in [3.8, 4) is 23.0 Å². The number of benzene rings is 1. The summed E-state index contributed by atoms with van der Waals surface area (Å²) in [7, 11) is -3.85. The summed E-state index contributed by atoms with van der Waals surface area (Å²) in [5, 5.41) is 26.9. The molecule has 10 heteroatoms. The maximum absolute atomic E-state index is 12.5. The Labute approximate surface area is 179 Å². The molecule has 9 nitrogen and oxygen atoms in total. The second-order valence-electron chi connectivity index (χ2n) is 7.19. The van der Waals surface area contributed by atoms with Crippen LogP contribution in [0.2, 0.25) is 0 Å². The average Bonchev–Trinajstić information content (AvgIpc) is 2.75. The molecule has 0 radical (unpaired) electrons. The number of rotatable bonds is 7. The molecular formula is C21H24N2O7S. The van der Waals surface area contributed by atoms with Gasteiger partial charge in [0.2, 0.25) is 0 Å². The van der Waals surface area contributed by atoms with Crippen molar-refractivity contribution in [2.75, 3.05) is 12.9 Å². The van der Waals surface area contributed by atoms with Crippen molar-refractivity contribution in [3.05, 3.63) is 58.5 Å². The monoisotopic (exact) mass is 448 g/mol. The highest BCUT2D eigenvalue weighted by molar-refractivity contribution is 7.92. The Morgan fingerprint density at radius 3 is 2.39 bits per heavy atom. The Bertz CT molecular complexity index is 1160. The van der Waals surface area contributed by atoms with Gasteiger partial charge in [0.1, 0.15) is 6.10 Å². The van der Waals surface area contributed by atoms with Gasteiger partial charge in [0.15, 0.2) is 14.6 Å². The van der Waals surface area contributed by atoms with Crippen molar-refractivity contribution in [2.24, 2.45) is 0 Å². The van der Waals surface area contributed by atoms with Gasteiger partial charge in [0, 0.05) is 30.6 Å². The van der Waals surface area contributed by atoms with Gasteiger partial charge in [0.25, 0.3) is 11.5 Å². The van der Waals surface area contributed by atoms with Gasteiger partial charge >= 0.3 is 0 Å². The smallest absolute Gasteiger partial charge is 0.264 e. The molecule has 0 spiro atoms. The topological polar surface area (TPSA) is 146 Å². The quantitative estimate of drug-likeness (QED) is 0.263. The SMILES string of the molecule is CC(CCn1ccc(-c2ccc(C#CC(O)CO)cc2)cc1=O)(C(=O)NO)S(C)(=O)=O. The van der Waals surface area contributed by atoms with E-state index in [9.17, 15) is 23.1 Å². The molecule has 4 N–H and O–H groups in total. The second kappa shape index (κ2) is 9.89. The lowest BCUT2D eigenvalue weighted by Crippen LogP contribution is -2.49. The highest BCUT2D eigenvalue weighted by Crippen LogP contribution is 2.22. The number of nitrogens with zero attached hydrogens (tertiary/aromatic N) is 1. The first-order valence-corrected chi connectivity index (χ1v) is 11.2. The summed E-state index contributed by atoms with van der Waals surface area (Å²) in [6.07, 6.45) is 1.08. The average molecular weight is 448 g/mol. The molecule has 2 rings (SSSR count). The van der Waals surface area contributed by atoms with Crippen molar-refractivity contribution >= 4 is 15.7 Å². The Morgan fingerprint density at radius 2 is 1.87 bits per heavy atom. The first kappa shape index (κ1) is 24.3. The van der Waals surface area contributed by atoms with Crippen LogP contribution >= 0.6 is 0 Å². The van der Waals surface area contributed by atoms with E-state index < -0.39 is 33.2 Å². The molecule has 0 aliphatic rings. The number of carbonyl (C=O) groups is 1. The van der Waals surface area contributed by atoms with Gasteiger partial charge in [-0.1, -0.05) is 24.0 Å². The first-order chi connectivity index (χ1) is 14.5. The summed E-state index contributed by atoms with van der Waals surface area (Å²) in [6.45, 7) is 0.699. The van der Waals surface area contributed by atoms with Gasteiger partial charge in [-0.3, -0.25) is 14.8 Å². The molecule has 0 aliphatic heterocycles. The summed E-state index contributed by atoms with van der Waals surface area (Å²) in [5.41, 5.74) is 3.01. The third kappa shape index (κ3) is 5.80. The summed E-state index contributed by atoms with van der Waals surface area (Å²) in [5.74, 6) is 4.15. The number of carbonyl (C=O) groups excluding carboxylic acids is 1. The summed E-state index contributed by atoms with van der Waals surface area (Å²) < 4.78 is 23.5. The van der Waals surface area contributed by atoms with E-state index in [2.05, 4.69) is 11.8 Å². The maximum atomic E-state index is 12.5. The third-order valence-electron chi connectivity index (χ3n) is 5.00.